The number of thiazole rings is 1. The van der Waals surface area contributed by atoms with Crippen LogP contribution in [-0.2, 0) is 27.5 Å². The van der Waals surface area contributed by atoms with Gasteiger partial charge in [0.25, 0.3) is 0 Å². The van der Waals surface area contributed by atoms with Gasteiger partial charge in [-0.15, -0.1) is 11.3 Å². The Labute approximate surface area is 275 Å². The molecule has 6 nitrogen and oxygen atoms in total. The summed E-state index contributed by atoms with van der Waals surface area (Å²) < 4.78 is 13.0. The first-order valence-corrected chi connectivity index (χ1v) is 17.2. The van der Waals surface area contributed by atoms with Crippen molar-refractivity contribution in [3.8, 4) is 10.6 Å². The van der Waals surface area contributed by atoms with E-state index in [9.17, 15) is 4.79 Å². The number of aromatic nitrogens is 1. The highest BCUT2D eigenvalue weighted by atomic mass is 32.1. The van der Waals surface area contributed by atoms with Crippen LogP contribution < -0.4 is 11.5 Å². The van der Waals surface area contributed by atoms with Crippen molar-refractivity contribution in [3.63, 3.8) is 0 Å². The SMILES string of the molecule is NC1CCCC1OCc1ccc(-c2nc3ccccc3s2)cc1.NC1CCCCC1OCc1ccccc1.O=C1C2=CC=C1C=C2. The number of hydrogen-bond donors (Lipinski definition) is 2. The summed E-state index contributed by atoms with van der Waals surface area (Å²) in [5.41, 5.74) is 18.4. The zero-order valence-electron chi connectivity index (χ0n) is 26.2. The molecule has 0 radical (unpaired) electrons. The number of allylic oxidation sites excluding steroid dienone is 6. The summed E-state index contributed by atoms with van der Waals surface area (Å²) in [5.74, 6) is 0.185. The third kappa shape index (κ3) is 8.35. The number of rotatable bonds is 7. The number of ether oxygens (including phenoxy) is 2. The molecule has 4 aliphatic rings. The van der Waals surface area contributed by atoms with Crippen molar-refractivity contribution >= 4 is 27.3 Å². The van der Waals surface area contributed by atoms with E-state index in [1.807, 2.05) is 48.6 Å². The fourth-order valence-corrected chi connectivity index (χ4v) is 7.12. The van der Waals surface area contributed by atoms with E-state index in [4.69, 9.17) is 25.9 Å². The molecule has 46 heavy (non-hydrogen) atoms. The van der Waals surface area contributed by atoms with Crippen LogP contribution in [0.5, 0.6) is 0 Å². The number of ketones is 1. The van der Waals surface area contributed by atoms with Crippen molar-refractivity contribution in [2.75, 3.05) is 0 Å². The Balaban J connectivity index is 0.000000137. The number of para-hydroxylation sites is 1. The highest BCUT2D eigenvalue weighted by molar-refractivity contribution is 7.21. The number of nitrogens with two attached hydrogens (primary N) is 2. The van der Waals surface area contributed by atoms with Crippen molar-refractivity contribution in [2.45, 2.75) is 82.5 Å². The van der Waals surface area contributed by atoms with Gasteiger partial charge in [0.05, 0.1) is 35.6 Å². The third-order valence-corrected chi connectivity index (χ3v) is 10.0. The largest absolute Gasteiger partial charge is 0.372 e. The van der Waals surface area contributed by atoms with Crippen LogP contribution in [0.1, 0.15) is 56.1 Å². The number of hydrogen-bond acceptors (Lipinski definition) is 7. The number of carbonyl (C=O) groups is 1. The van der Waals surface area contributed by atoms with E-state index in [0.717, 1.165) is 52.9 Å². The monoisotopic (exact) mass is 633 g/mol. The van der Waals surface area contributed by atoms with Gasteiger partial charge in [0.15, 0.2) is 5.78 Å². The number of fused-ring (bicyclic) bond motifs is 3. The second-order valence-electron chi connectivity index (χ2n) is 12.3. The molecule has 4 aromatic rings. The Morgan fingerprint density at radius 1 is 0.674 bits per heavy atom. The molecule has 0 saturated heterocycles. The van der Waals surface area contributed by atoms with E-state index in [2.05, 4.69) is 54.6 Å². The quantitative estimate of drug-likeness (QED) is 0.215. The lowest BCUT2D eigenvalue weighted by molar-refractivity contribution is -0.111. The van der Waals surface area contributed by atoms with Crippen LogP contribution in [0.15, 0.2) is 114 Å². The Hall–Kier alpha value is -3.72. The fourth-order valence-electron chi connectivity index (χ4n) is 6.15. The maximum atomic E-state index is 10.8. The van der Waals surface area contributed by atoms with Gasteiger partial charge in [-0.2, -0.15) is 0 Å². The van der Waals surface area contributed by atoms with E-state index in [1.54, 1.807) is 11.3 Å². The van der Waals surface area contributed by atoms with Gasteiger partial charge < -0.3 is 20.9 Å². The molecule has 7 heteroatoms. The highest BCUT2D eigenvalue weighted by Crippen LogP contribution is 2.30. The number of nitrogens with zero attached hydrogens (tertiary/aromatic N) is 1. The molecular formula is C39H43N3O3S. The molecule has 4 aliphatic carbocycles. The third-order valence-electron chi connectivity index (χ3n) is 8.93. The molecule has 4 atom stereocenters. The van der Waals surface area contributed by atoms with E-state index in [1.165, 1.54) is 35.1 Å². The minimum Gasteiger partial charge on any atom is -0.372 e. The smallest absolute Gasteiger partial charge is 0.193 e. The summed E-state index contributed by atoms with van der Waals surface area (Å²) in [7, 11) is 0. The van der Waals surface area contributed by atoms with E-state index in [0.29, 0.717) is 13.2 Å². The lowest BCUT2D eigenvalue weighted by atomic mass is 9.93. The van der Waals surface area contributed by atoms with Crippen LogP contribution >= 0.6 is 11.3 Å². The zero-order valence-corrected chi connectivity index (χ0v) is 27.0. The number of benzene rings is 3. The van der Waals surface area contributed by atoms with Gasteiger partial charge >= 0.3 is 0 Å². The first-order chi connectivity index (χ1) is 22.5. The molecule has 2 bridgehead atoms. The molecule has 0 spiro atoms. The topological polar surface area (TPSA) is 100 Å². The van der Waals surface area contributed by atoms with Crippen molar-refractivity contribution in [1.29, 1.82) is 0 Å². The minimum atomic E-state index is 0.185. The molecule has 1 heterocycles. The Bertz CT molecular complexity index is 1640. The molecule has 0 aliphatic heterocycles. The molecule has 0 amide bonds. The maximum absolute atomic E-state index is 10.8. The zero-order chi connectivity index (χ0) is 31.7. The molecule has 8 rings (SSSR count). The van der Waals surface area contributed by atoms with E-state index in [-0.39, 0.29) is 30.1 Å². The highest BCUT2D eigenvalue weighted by Gasteiger charge is 2.24. The summed E-state index contributed by atoms with van der Waals surface area (Å²) in [6, 6.07) is 27.5. The molecule has 4 unspecified atom stereocenters. The predicted molar refractivity (Wildman–Crippen MR) is 187 cm³/mol. The molecule has 2 fully saturated rings. The van der Waals surface area contributed by atoms with Gasteiger partial charge in [0.1, 0.15) is 5.01 Å². The van der Waals surface area contributed by atoms with Crippen molar-refractivity contribution in [1.82, 2.24) is 4.98 Å². The average Bonchev–Trinajstić information content (AvgIpc) is 3.89. The van der Waals surface area contributed by atoms with Crippen LogP contribution in [0.4, 0.5) is 0 Å². The fraction of sp³-hybridized carbons (Fsp3) is 0.333. The van der Waals surface area contributed by atoms with Gasteiger partial charge in [0, 0.05) is 28.8 Å². The van der Waals surface area contributed by atoms with Crippen LogP contribution in [0.3, 0.4) is 0 Å². The van der Waals surface area contributed by atoms with Crippen LogP contribution in [-0.4, -0.2) is 35.1 Å². The molecule has 2 saturated carbocycles. The molecule has 238 valence electrons. The standard InChI is InChI=1S/C19H20N2OS.C13H19NO.C7H4O/c20-15-4-3-6-17(15)22-12-13-8-10-14(11-9-13)19-21-16-5-1-2-7-18(16)23-19;14-12-8-4-5-9-13(12)15-10-11-6-2-1-3-7-11;8-7-5-1-2-6(7)4-3-5/h1-2,5,7-11,15,17H,3-4,6,12,20H2;1-3,6-7,12-13H,4-5,8-10,14H2;1-4H. The van der Waals surface area contributed by atoms with Crippen LogP contribution in [0.2, 0.25) is 0 Å². The van der Waals surface area contributed by atoms with E-state index >= 15 is 0 Å². The Morgan fingerprint density at radius 3 is 1.78 bits per heavy atom. The summed E-state index contributed by atoms with van der Waals surface area (Å²) in [6.45, 7) is 1.33. The molecule has 1 aromatic heterocycles. The summed E-state index contributed by atoms with van der Waals surface area (Å²) in [6.07, 6.45) is 16.0. The van der Waals surface area contributed by atoms with Crippen LogP contribution in [0, 0.1) is 0 Å². The Kier molecular flexibility index (Phi) is 11.0. The first-order valence-electron chi connectivity index (χ1n) is 16.4. The van der Waals surface area contributed by atoms with Gasteiger partial charge in [0.2, 0.25) is 0 Å². The van der Waals surface area contributed by atoms with E-state index < -0.39 is 0 Å². The number of Topliss-reactive ketones (excluding diaryl/α,β-unsaturated/α-hetero) is 1. The van der Waals surface area contributed by atoms with Crippen molar-refractivity contribution in [3.05, 3.63) is 125 Å². The van der Waals surface area contributed by atoms with Crippen molar-refractivity contribution in [2.24, 2.45) is 11.5 Å². The van der Waals surface area contributed by atoms with Gasteiger partial charge in [-0.05, 0) is 55.4 Å². The van der Waals surface area contributed by atoms with Gasteiger partial charge in [-0.1, -0.05) is 104 Å². The minimum absolute atomic E-state index is 0.185. The lowest BCUT2D eigenvalue weighted by Gasteiger charge is -2.28. The Morgan fingerprint density at radius 2 is 1.24 bits per heavy atom. The summed E-state index contributed by atoms with van der Waals surface area (Å²) >= 11 is 1.73. The number of carbonyl (C=O) groups excluding carboxylic acids is 1. The maximum Gasteiger partial charge on any atom is 0.193 e. The first kappa shape index (κ1) is 32.2. The summed E-state index contributed by atoms with van der Waals surface area (Å²) in [4.78, 5) is 15.5. The molecule has 4 N–H and O–H groups in total. The average molecular weight is 634 g/mol. The molecular weight excluding hydrogens is 591 g/mol. The second-order valence-corrected chi connectivity index (χ2v) is 13.3. The van der Waals surface area contributed by atoms with Gasteiger partial charge in [-0.3, -0.25) is 4.79 Å². The predicted octanol–water partition coefficient (Wildman–Crippen LogP) is 7.82. The van der Waals surface area contributed by atoms with Crippen molar-refractivity contribution < 1.29 is 14.3 Å². The normalized spacial score (nSPS) is 23.0. The lowest BCUT2D eigenvalue weighted by Crippen LogP contribution is -2.39. The van der Waals surface area contributed by atoms with Gasteiger partial charge in [-0.25, -0.2) is 4.98 Å². The second kappa shape index (κ2) is 15.7. The van der Waals surface area contributed by atoms with Crippen LogP contribution in [0.25, 0.3) is 20.8 Å². The summed E-state index contributed by atoms with van der Waals surface area (Å²) in [5, 5.41) is 1.07. The molecule has 3 aromatic carbocycles.